The van der Waals surface area contributed by atoms with E-state index in [1.165, 1.54) is 14.0 Å². The largest absolute Gasteiger partial charge is 0.480 e. The first-order chi connectivity index (χ1) is 13.5. The van der Waals surface area contributed by atoms with Crippen molar-refractivity contribution >= 4 is 45.7 Å². The molecule has 2 amide bonds. The molecule has 142 valence electrons. The lowest BCUT2D eigenvalue weighted by atomic mass is 10.0. The molecular weight excluding hydrogens is 378 g/mol. The summed E-state index contributed by atoms with van der Waals surface area (Å²) >= 11 is 0.769. The van der Waals surface area contributed by atoms with Crippen LogP contribution in [0.5, 0.6) is 5.75 Å². The molecule has 1 saturated heterocycles. The fourth-order valence-corrected chi connectivity index (χ4v) is 3.78. The van der Waals surface area contributed by atoms with Gasteiger partial charge >= 0.3 is 5.97 Å². The zero-order valence-electron chi connectivity index (χ0n) is 15.3. The monoisotopic (exact) mass is 395 g/mol. The number of amides is 2. The van der Waals surface area contributed by atoms with Gasteiger partial charge in [0.2, 0.25) is 0 Å². The van der Waals surface area contributed by atoms with Gasteiger partial charge in [0.25, 0.3) is 11.1 Å². The molecule has 1 atom stereocenters. The van der Waals surface area contributed by atoms with E-state index in [1.54, 1.807) is 12.1 Å². The Hall–Kier alpha value is -3.24. The number of esters is 1. The maximum atomic E-state index is 12.8. The van der Waals surface area contributed by atoms with Gasteiger partial charge in [-0.2, -0.15) is 0 Å². The number of methoxy groups -OCH3 is 1. The number of carbonyl (C=O) groups excluding carboxylic acids is 3. The number of thioether (sulfide) groups is 1. The summed E-state index contributed by atoms with van der Waals surface area (Å²) in [6.07, 6.45) is 6.89. The van der Waals surface area contributed by atoms with Gasteiger partial charge in [-0.05, 0) is 41.6 Å². The molecule has 0 saturated carbocycles. The van der Waals surface area contributed by atoms with Crippen molar-refractivity contribution < 1.29 is 23.9 Å². The van der Waals surface area contributed by atoms with Crippen LogP contribution in [0.4, 0.5) is 4.79 Å². The number of carbonyl (C=O) groups is 3. The quantitative estimate of drug-likeness (QED) is 0.439. The number of rotatable bonds is 5. The average Bonchev–Trinajstić information content (AvgIpc) is 2.99. The summed E-state index contributed by atoms with van der Waals surface area (Å²) in [5.74, 6) is 1.70. The van der Waals surface area contributed by atoms with Crippen molar-refractivity contribution in [3.8, 4) is 18.1 Å². The first-order valence-corrected chi connectivity index (χ1v) is 9.22. The van der Waals surface area contributed by atoms with Crippen LogP contribution in [0.1, 0.15) is 12.5 Å². The van der Waals surface area contributed by atoms with Crippen LogP contribution in [0.3, 0.4) is 0 Å². The highest BCUT2D eigenvalue weighted by atomic mass is 32.2. The van der Waals surface area contributed by atoms with Crippen LogP contribution in [-0.4, -0.2) is 41.8 Å². The van der Waals surface area contributed by atoms with Crippen LogP contribution in [0, 0.1) is 12.3 Å². The second-order valence-corrected chi connectivity index (χ2v) is 6.94. The number of nitrogens with zero attached hydrogens (tertiary/aromatic N) is 1. The highest BCUT2D eigenvalue weighted by Crippen LogP contribution is 2.37. The number of imide groups is 1. The van der Waals surface area contributed by atoms with Gasteiger partial charge in [-0.3, -0.25) is 14.5 Å². The van der Waals surface area contributed by atoms with Gasteiger partial charge in [0.05, 0.1) is 12.0 Å². The standard InChI is InChI=1S/C21H17NO5S/c1-4-11-27-17-10-9-14-7-5-6-8-15(14)16(17)12-18-19(23)22(21(25)28-18)13(2)20(24)26-3/h1,5-10,12-13H,11H2,2-3H3/b18-12+/t13-/m1/s1. The number of hydrogen-bond donors (Lipinski definition) is 0. The smallest absolute Gasteiger partial charge is 0.328 e. The minimum Gasteiger partial charge on any atom is -0.480 e. The highest BCUT2D eigenvalue weighted by Gasteiger charge is 2.41. The summed E-state index contributed by atoms with van der Waals surface area (Å²) < 4.78 is 10.3. The summed E-state index contributed by atoms with van der Waals surface area (Å²) in [5.41, 5.74) is 0.643. The molecule has 2 aromatic rings. The molecule has 0 N–H and O–H groups in total. The molecule has 0 bridgehead atoms. The molecular formula is C21H17NO5S. The molecule has 0 aromatic heterocycles. The van der Waals surface area contributed by atoms with Crippen molar-refractivity contribution in [2.24, 2.45) is 0 Å². The topological polar surface area (TPSA) is 72.9 Å². The van der Waals surface area contributed by atoms with E-state index >= 15 is 0 Å². The third kappa shape index (κ3) is 3.59. The fourth-order valence-electron chi connectivity index (χ4n) is 2.89. The number of hydrogen-bond acceptors (Lipinski definition) is 6. The van der Waals surface area contributed by atoms with E-state index in [0.29, 0.717) is 11.3 Å². The van der Waals surface area contributed by atoms with Gasteiger partial charge in [0.15, 0.2) is 0 Å². The van der Waals surface area contributed by atoms with Gasteiger partial charge in [-0.1, -0.05) is 36.3 Å². The third-order valence-corrected chi connectivity index (χ3v) is 5.15. The van der Waals surface area contributed by atoms with Crippen LogP contribution in [0.25, 0.3) is 16.8 Å². The lowest BCUT2D eigenvalue weighted by Crippen LogP contribution is -2.42. The zero-order valence-corrected chi connectivity index (χ0v) is 16.1. The molecule has 7 heteroatoms. The van der Waals surface area contributed by atoms with Gasteiger partial charge in [-0.15, -0.1) is 6.42 Å². The van der Waals surface area contributed by atoms with E-state index < -0.39 is 23.2 Å². The third-order valence-electron chi connectivity index (χ3n) is 4.27. The summed E-state index contributed by atoms with van der Waals surface area (Å²) in [5, 5.41) is 1.27. The second-order valence-electron chi connectivity index (χ2n) is 5.94. The zero-order chi connectivity index (χ0) is 20.3. The molecule has 1 fully saturated rings. The average molecular weight is 395 g/mol. The maximum Gasteiger partial charge on any atom is 0.328 e. The van der Waals surface area contributed by atoms with Crippen molar-refractivity contribution in [3.63, 3.8) is 0 Å². The summed E-state index contributed by atoms with van der Waals surface area (Å²) in [4.78, 5) is 38.0. The predicted molar refractivity (Wildman–Crippen MR) is 108 cm³/mol. The van der Waals surface area contributed by atoms with E-state index in [4.69, 9.17) is 11.2 Å². The van der Waals surface area contributed by atoms with E-state index in [1.807, 2.05) is 30.3 Å². The summed E-state index contributed by atoms with van der Waals surface area (Å²) in [6.45, 7) is 1.52. The van der Waals surface area contributed by atoms with Gasteiger partial charge < -0.3 is 9.47 Å². The first-order valence-electron chi connectivity index (χ1n) is 8.40. The number of ether oxygens (including phenoxy) is 2. The van der Waals surface area contributed by atoms with E-state index in [-0.39, 0.29) is 11.5 Å². The Balaban J connectivity index is 2.07. The minimum absolute atomic E-state index is 0.0695. The molecule has 1 heterocycles. The molecule has 1 aliphatic heterocycles. The van der Waals surface area contributed by atoms with Gasteiger partial charge in [-0.25, -0.2) is 4.79 Å². The van der Waals surface area contributed by atoms with E-state index in [9.17, 15) is 14.4 Å². The lowest BCUT2D eigenvalue weighted by Gasteiger charge is -2.18. The predicted octanol–water partition coefficient (Wildman–Crippen LogP) is 3.45. The molecule has 6 nitrogen and oxygen atoms in total. The van der Waals surface area contributed by atoms with Crippen molar-refractivity contribution in [2.45, 2.75) is 13.0 Å². The second kappa shape index (κ2) is 8.19. The number of benzene rings is 2. The Morgan fingerprint density at radius 2 is 2.04 bits per heavy atom. The van der Waals surface area contributed by atoms with Crippen LogP contribution in [0.2, 0.25) is 0 Å². The van der Waals surface area contributed by atoms with Crippen LogP contribution in [-0.2, 0) is 14.3 Å². The van der Waals surface area contributed by atoms with Gasteiger partial charge in [0.1, 0.15) is 18.4 Å². The molecule has 0 radical (unpaired) electrons. The Morgan fingerprint density at radius 3 is 2.75 bits per heavy atom. The van der Waals surface area contributed by atoms with Gasteiger partial charge in [0, 0.05) is 5.56 Å². The normalized spacial score (nSPS) is 16.3. The van der Waals surface area contributed by atoms with Crippen LogP contribution in [0.15, 0.2) is 41.3 Å². The van der Waals surface area contributed by atoms with E-state index in [0.717, 1.165) is 27.4 Å². The summed E-state index contributed by atoms with van der Waals surface area (Å²) in [6, 6.07) is 10.3. The maximum absolute atomic E-state index is 12.8. The first kappa shape index (κ1) is 19.5. The van der Waals surface area contributed by atoms with Crippen molar-refractivity contribution in [1.29, 1.82) is 0 Å². The Bertz CT molecular complexity index is 1040. The molecule has 3 rings (SSSR count). The number of fused-ring (bicyclic) bond motifs is 1. The Kier molecular flexibility index (Phi) is 5.71. The molecule has 0 aliphatic carbocycles. The Labute approximate surface area is 166 Å². The van der Waals surface area contributed by atoms with Crippen molar-refractivity contribution in [2.75, 3.05) is 13.7 Å². The van der Waals surface area contributed by atoms with Crippen LogP contribution < -0.4 is 4.74 Å². The van der Waals surface area contributed by atoms with Crippen LogP contribution >= 0.6 is 11.8 Å². The molecule has 0 spiro atoms. The SMILES string of the molecule is C#CCOc1ccc2ccccc2c1/C=C1/SC(=O)N([C@H](C)C(=O)OC)C1=O. The number of terminal acetylenes is 1. The molecule has 0 unspecified atom stereocenters. The molecule has 2 aromatic carbocycles. The van der Waals surface area contributed by atoms with E-state index in [2.05, 4.69) is 10.7 Å². The Morgan fingerprint density at radius 1 is 1.29 bits per heavy atom. The lowest BCUT2D eigenvalue weighted by molar-refractivity contribution is -0.148. The summed E-state index contributed by atoms with van der Waals surface area (Å²) in [7, 11) is 1.21. The minimum atomic E-state index is -1.01. The van der Waals surface area contributed by atoms with Crippen molar-refractivity contribution in [3.05, 3.63) is 46.9 Å². The fraction of sp³-hybridized carbons (Fsp3) is 0.190. The molecule has 1 aliphatic rings. The highest BCUT2D eigenvalue weighted by molar-refractivity contribution is 8.18. The van der Waals surface area contributed by atoms with Crippen molar-refractivity contribution in [1.82, 2.24) is 4.90 Å². The molecule has 28 heavy (non-hydrogen) atoms.